The molecule has 0 spiro atoms. The second-order valence-electron chi connectivity index (χ2n) is 3.56. The van der Waals surface area contributed by atoms with E-state index in [-0.39, 0.29) is 11.5 Å². The van der Waals surface area contributed by atoms with Crippen molar-refractivity contribution >= 4 is 10.9 Å². The molecule has 72 valence electrons. The predicted molar refractivity (Wildman–Crippen MR) is 56.4 cm³/mol. The molecule has 14 heavy (non-hydrogen) atoms. The number of aromatic nitrogens is 2. The third-order valence-electron chi connectivity index (χ3n) is 2.20. The number of rotatable bonds is 1. The fourth-order valence-electron chi connectivity index (χ4n) is 1.54. The molecular formula is C11H12N2O. The first kappa shape index (κ1) is 8.94. The Morgan fingerprint density at radius 3 is 2.71 bits per heavy atom. The van der Waals surface area contributed by atoms with Crippen molar-refractivity contribution in [3.63, 3.8) is 0 Å². The molecule has 1 heterocycles. The second-order valence-corrected chi connectivity index (χ2v) is 3.56. The van der Waals surface area contributed by atoms with E-state index in [4.69, 9.17) is 0 Å². The Balaban J connectivity index is 2.89. The molecule has 3 heteroatoms. The van der Waals surface area contributed by atoms with Crippen molar-refractivity contribution in [1.29, 1.82) is 0 Å². The highest BCUT2D eigenvalue weighted by Gasteiger charge is 2.04. The molecule has 0 amide bonds. The Labute approximate surface area is 82.0 Å². The summed E-state index contributed by atoms with van der Waals surface area (Å²) in [5.41, 5.74) is 0.882. The number of benzene rings is 1. The van der Waals surface area contributed by atoms with E-state index in [2.05, 4.69) is 5.10 Å². The summed E-state index contributed by atoms with van der Waals surface area (Å²) in [7, 11) is 0. The Morgan fingerprint density at radius 2 is 2.00 bits per heavy atom. The third-order valence-corrected chi connectivity index (χ3v) is 2.20. The summed E-state index contributed by atoms with van der Waals surface area (Å²) in [5, 5.41) is 4.84. The molecule has 1 aromatic heterocycles. The minimum absolute atomic E-state index is 0.0162. The van der Waals surface area contributed by atoms with Crippen molar-refractivity contribution < 1.29 is 0 Å². The fourth-order valence-corrected chi connectivity index (χ4v) is 1.54. The Morgan fingerprint density at radius 1 is 1.29 bits per heavy atom. The van der Waals surface area contributed by atoms with Crippen molar-refractivity contribution in [1.82, 2.24) is 9.78 Å². The van der Waals surface area contributed by atoms with Crippen molar-refractivity contribution in [2.45, 2.75) is 19.9 Å². The second kappa shape index (κ2) is 3.25. The van der Waals surface area contributed by atoms with Crippen molar-refractivity contribution in [2.75, 3.05) is 0 Å². The molecule has 0 radical (unpaired) electrons. The number of hydrogen-bond acceptors (Lipinski definition) is 2. The van der Waals surface area contributed by atoms with Gasteiger partial charge in [-0.05, 0) is 26.0 Å². The normalized spacial score (nSPS) is 11.1. The Hall–Kier alpha value is -1.64. The van der Waals surface area contributed by atoms with E-state index in [9.17, 15) is 4.79 Å². The zero-order valence-corrected chi connectivity index (χ0v) is 8.27. The maximum atomic E-state index is 11.5. The molecule has 0 fully saturated rings. The van der Waals surface area contributed by atoms with Crippen molar-refractivity contribution in [3.05, 3.63) is 40.7 Å². The first-order chi connectivity index (χ1) is 6.70. The topological polar surface area (TPSA) is 34.9 Å². The smallest absolute Gasteiger partial charge is 0.207 e. The molecule has 2 aromatic rings. The SMILES string of the molecule is CC(C)n1ncc(=O)c2ccccc21. The van der Waals surface area contributed by atoms with Gasteiger partial charge < -0.3 is 0 Å². The van der Waals surface area contributed by atoms with Gasteiger partial charge in [-0.25, -0.2) is 0 Å². The van der Waals surface area contributed by atoms with Crippen LogP contribution in [-0.2, 0) is 0 Å². The molecule has 2 rings (SSSR count). The number of para-hydroxylation sites is 1. The summed E-state index contributed by atoms with van der Waals surface area (Å²) in [4.78, 5) is 11.5. The monoisotopic (exact) mass is 188 g/mol. The van der Waals surface area contributed by atoms with Gasteiger partial charge in [0.1, 0.15) is 0 Å². The van der Waals surface area contributed by atoms with Gasteiger partial charge in [0.05, 0.1) is 11.7 Å². The van der Waals surface area contributed by atoms with Crippen molar-refractivity contribution in [3.8, 4) is 0 Å². The fraction of sp³-hybridized carbons (Fsp3) is 0.273. The van der Waals surface area contributed by atoms with Crippen LogP contribution in [0.2, 0.25) is 0 Å². The highest BCUT2D eigenvalue weighted by molar-refractivity contribution is 5.77. The van der Waals surface area contributed by atoms with E-state index in [0.29, 0.717) is 0 Å². The highest BCUT2D eigenvalue weighted by Crippen LogP contribution is 2.12. The standard InChI is InChI=1S/C11H12N2O/c1-8(2)13-10-6-4-3-5-9(10)11(14)7-12-13/h3-8H,1-2H3. The van der Waals surface area contributed by atoms with Crippen LogP contribution in [0, 0.1) is 0 Å². The molecular weight excluding hydrogens is 176 g/mol. The van der Waals surface area contributed by atoms with Gasteiger partial charge in [-0.15, -0.1) is 0 Å². The van der Waals surface area contributed by atoms with Gasteiger partial charge in [-0.2, -0.15) is 5.10 Å². The van der Waals surface area contributed by atoms with Gasteiger partial charge in [0.2, 0.25) is 5.43 Å². The Kier molecular flexibility index (Phi) is 2.08. The molecule has 1 aromatic carbocycles. The lowest BCUT2D eigenvalue weighted by Gasteiger charge is -2.11. The van der Waals surface area contributed by atoms with Crippen LogP contribution in [-0.4, -0.2) is 9.78 Å². The van der Waals surface area contributed by atoms with Crippen LogP contribution in [0.5, 0.6) is 0 Å². The first-order valence-electron chi connectivity index (χ1n) is 4.66. The lowest BCUT2D eigenvalue weighted by atomic mass is 10.2. The molecule has 0 N–H and O–H groups in total. The Bertz CT molecular complexity index is 514. The molecule has 0 atom stereocenters. The van der Waals surface area contributed by atoms with Crippen LogP contribution in [0.4, 0.5) is 0 Å². The van der Waals surface area contributed by atoms with E-state index >= 15 is 0 Å². The highest BCUT2D eigenvalue weighted by atomic mass is 16.1. The lowest BCUT2D eigenvalue weighted by molar-refractivity contribution is 0.541. The first-order valence-corrected chi connectivity index (χ1v) is 4.66. The summed E-state index contributed by atoms with van der Waals surface area (Å²) in [6, 6.07) is 7.80. The van der Waals surface area contributed by atoms with Crippen LogP contribution in [0.15, 0.2) is 35.3 Å². The summed E-state index contributed by atoms with van der Waals surface area (Å²) >= 11 is 0. The van der Waals surface area contributed by atoms with Gasteiger partial charge in [0.15, 0.2) is 0 Å². The average molecular weight is 188 g/mol. The van der Waals surface area contributed by atoms with Gasteiger partial charge >= 0.3 is 0 Å². The predicted octanol–water partition coefficient (Wildman–Crippen LogP) is 1.98. The van der Waals surface area contributed by atoms with Gasteiger partial charge in [0.25, 0.3) is 0 Å². The molecule has 0 unspecified atom stereocenters. The minimum Gasteiger partial charge on any atom is -0.287 e. The molecule has 0 aliphatic heterocycles. The number of nitrogens with zero attached hydrogens (tertiary/aromatic N) is 2. The van der Waals surface area contributed by atoms with E-state index in [1.165, 1.54) is 6.20 Å². The summed E-state index contributed by atoms with van der Waals surface area (Å²) in [6.45, 7) is 4.09. The quantitative estimate of drug-likeness (QED) is 0.685. The zero-order chi connectivity index (χ0) is 10.1. The van der Waals surface area contributed by atoms with E-state index in [0.717, 1.165) is 10.9 Å². The van der Waals surface area contributed by atoms with Gasteiger partial charge in [-0.1, -0.05) is 12.1 Å². The van der Waals surface area contributed by atoms with Crippen LogP contribution < -0.4 is 5.43 Å². The summed E-state index contributed by atoms with van der Waals surface area (Å²) in [6.07, 6.45) is 1.38. The van der Waals surface area contributed by atoms with Crippen LogP contribution in [0.1, 0.15) is 19.9 Å². The lowest BCUT2D eigenvalue weighted by Crippen LogP contribution is -2.13. The van der Waals surface area contributed by atoms with E-state index in [1.54, 1.807) is 0 Å². The van der Waals surface area contributed by atoms with Crippen LogP contribution in [0.3, 0.4) is 0 Å². The molecule has 0 saturated heterocycles. The summed E-state index contributed by atoms with van der Waals surface area (Å²) in [5.74, 6) is 0. The van der Waals surface area contributed by atoms with Crippen molar-refractivity contribution in [2.24, 2.45) is 0 Å². The molecule has 0 aliphatic rings. The van der Waals surface area contributed by atoms with E-state index in [1.807, 2.05) is 42.8 Å². The maximum Gasteiger partial charge on any atom is 0.207 e. The molecule has 0 aliphatic carbocycles. The third kappa shape index (κ3) is 1.31. The average Bonchev–Trinajstić information content (AvgIpc) is 2.18. The number of fused-ring (bicyclic) bond motifs is 1. The van der Waals surface area contributed by atoms with Gasteiger partial charge in [-0.3, -0.25) is 9.48 Å². The largest absolute Gasteiger partial charge is 0.287 e. The van der Waals surface area contributed by atoms with Crippen LogP contribution >= 0.6 is 0 Å². The number of hydrogen-bond donors (Lipinski definition) is 0. The van der Waals surface area contributed by atoms with Crippen LogP contribution in [0.25, 0.3) is 10.9 Å². The van der Waals surface area contributed by atoms with Gasteiger partial charge in [0, 0.05) is 11.4 Å². The maximum absolute atomic E-state index is 11.5. The summed E-state index contributed by atoms with van der Waals surface area (Å²) < 4.78 is 1.86. The molecule has 3 nitrogen and oxygen atoms in total. The minimum atomic E-state index is -0.0162. The zero-order valence-electron chi connectivity index (χ0n) is 8.27. The van der Waals surface area contributed by atoms with E-state index < -0.39 is 0 Å². The molecule has 0 saturated carbocycles. The molecule has 0 bridgehead atoms.